The molecular formula is C4H8Cl4O. The molecular weight excluding hydrogens is 206 g/mol. The third kappa shape index (κ3) is 369. The Balaban J connectivity index is -0.00000000450. The van der Waals surface area contributed by atoms with E-state index in [1.807, 2.05) is 0 Å². The molecule has 0 aromatic carbocycles. The van der Waals surface area contributed by atoms with Crippen molar-refractivity contribution in [2.45, 2.75) is 20.0 Å². The van der Waals surface area contributed by atoms with Gasteiger partial charge < -0.3 is 54.7 Å². The summed E-state index contributed by atoms with van der Waals surface area (Å²) in [6.45, 7) is 3.44. The third-order valence-electron chi connectivity index (χ3n) is 0. The van der Waals surface area contributed by atoms with E-state index in [1.165, 1.54) is 0 Å². The summed E-state index contributed by atoms with van der Waals surface area (Å²) in [5.41, 5.74) is 0. The van der Waals surface area contributed by atoms with Crippen LogP contribution in [-0.2, 0) is 0 Å². The SMILES string of the molecule is CC(C)O.[C+4].[Cl-].[Cl-].[Cl-].[Cl-]. The molecule has 0 heterocycles. The van der Waals surface area contributed by atoms with E-state index < -0.39 is 0 Å². The van der Waals surface area contributed by atoms with Crippen molar-refractivity contribution in [3.8, 4) is 0 Å². The molecule has 58 valence electrons. The van der Waals surface area contributed by atoms with Gasteiger partial charge in [0.2, 0.25) is 0 Å². The molecule has 5 heteroatoms. The zero-order valence-electron chi connectivity index (χ0n) is 5.04. The molecule has 0 radical (unpaired) electrons. The molecule has 0 atom stereocenters. The van der Waals surface area contributed by atoms with Crippen LogP contribution in [0.15, 0.2) is 0 Å². The van der Waals surface area contributed by atoms with E-state index in [9.17, 15) is 0 Å². The normalized spacial score (nSPS) is 4.00. The molecule has 0 bridgehead atoms. The van der Waals surface area contributed by atoms with Crippen LogP contribution in [0.25, 0.3) is 0 Å². The van der Waals surface area contributed by atoms with Crippen LogP contribution in [0.2, 0.25) is 0 Å². The first-order valence-corrected chi connectivity index (χ1v) is 1.41. The molecule has 1 N–H and O–H groups in total. The Hall–Kier alpha value is 1.12. The zero-order chi connectivity index (χ0) is 3.58. The predicted octanol–water partition coefficient (Wildman–Crippen LogP) is -11.5. The Morgan fingerprint density at radius 3 is 0.889 bits per heavy atom. The molecule has 9 heavy (non-hydrogen) atoms. The molecule has 0 saturated heterocycles. The predicted molar refractivity (Wildman–Crippen MR) is 20.6 cm³/mol. The smallest absolute Gasteiger partial charge is 1.00 e. The van der Waals surface area contributed by atoms with Crippen LogP contribution in [0.4, 0.5) is 0 Å². The van der Waals surface area contributed by atoms with Gasteiger partial charge in [-0.2, -0.15) is 0 Å². The largest absolute Gasteiger partial charge is 4.00 e. The fraction of sp³-hybridized carbons (Fsp3) is 0.750. The summed E-state index contributed by atoms with van der Waals surface area (Å²) in [5.74, 6) is 0. The summed E-state index contributed by atoms with van der Waals surface area (Å²) in [4.78, 5) is 0. The standard InChI is InChI=1S/C3H8O.C.4ClH/c1-3(2)4;;;;;/h3-4H,1-2H3;;4*1H/q;+4;;;;/p-4. The zero-order valence-corrected chi connectivity index (χ0v) is 8.06. The molecule has 0 saturated carbocycles. The van der Waals surface area contributed by atoms with Crippen molar-refractivity contribution >= 4 is 0 Å². The van der Waals surface area contributed by atoms with Crippen molar-refractivity contribution in [3.05, 3.63) is 7.43 Å². The molecule has 0 amide bonds. The first-order chi connectivity index (χ1) is 1.73. The summed E-state index contributed by atoms with van der Waals surface area (Å²) < 4.78 is 0. The molecule has 0 aromatic heterocycles. The summed E-state index contributed by atoms with van der Waals surface area (Å²) in [7, 11) is 0. The molecule has 0 fully saturated rings. The van der Waals surface area contributed by atoms with Crippen molar-refractivity contribution in [3.63, 3.8) is 0 Å². The summed E-state index contributed by atoms with van der Waals surface area (Å²) in [6, 6.07) is 0. The molecule has 0 aliphatic heterocycles. The van der Waals surface area contributed by atoms with Crippen molar-refractivity contribution in [2.24, 2.45) is 0 Å². The number of halogens is 4. The Morgan fingerprint density at radius 1 is 0.889 bits per heavy atom. The van der Waals surface area contributed by atoms with Crippen LogP contribution in [0.5, 0.6) is 0 Å². The van der Waals surface area contributed by atoms with E-state index in [1.54, 1.807) is 13.8 Å². The maximum atomic E-state index is 8.06. The van der Waals surface area contributed by atoms with Crippen LogP contribution in [0.1, 0.15) is 13.8 Å². The van der Waals surface area contributed by atoms with Crippen LogP contribution in [-0.4, -0.2) is 11.2 Å². The van der Waals surface area contributed by atoms with Crippen LogP contribution in [0, 0.1) is 7.43 Å². The van der Waals surface area contributed by atoms with Gasteiger partial charge in [-0.1, -0.05) is 0 Å². The van der Waals surface area contributed by atoms with Gasteiger partial charge in [-0.25, -0.2) is 0 Å². The van der Waals surface area contributed by atoms with Gasteiger partial charge in [0.25, 0.3) is 0 Å². The van der Waals surface area contributed by atoms with E-state index in [2.05, 4.69) is 0 Å². The number of hydrogen-bond acceptors (Lipinski definition) is 1. The van der Waals surface area contributed by atoms with Crippen molar-refractivity contribution in [1.82, 2.24) is 0 Å². The first-order valence-electron chi connectivity index (χ1n) is 1.41. The minimum atomic E-state index is -0.167. The maximum absolute atomic E-state index is 8.06. The number of aliphatic hydroxyl groups excluding tert-OH is 1. The second-order valence-electron chi connectivity index (χ2n) is 1.09. The van der Waals surface area contributed by atoms with E-state index in [-0.39, 0.29) is 63.2 Å². The molecule has 0 aromatic rings. The molecule has 0 rings (SSSR count). The quantitative estimate of drug-likeness (QED) is 0.424. The average Bonchev–Trinajstić information content (AvgIpc) is 0.811. The van der Waals surface area contributed by atoms with E-state index in [0.717, 1.165) is 0 Å². The van der Waals surface area contributed by atoms with Gasteiger partial charge in [0.15, 0.2) is 0 Å². The van der Waals surface area contributed by atoms with Crippen LogP contribution < -0.4 is 49.6 Å². The van der Waals surface area contributed by atoms with Gasteiger partial charge in [-0.3, -0.25) is 0 Å². The minimum absolute atomic E-state index is 0. The van der Waals surface area contributed by atoms with Gasteiger partial charge in [-0.05, 0) is 13.8 Å². The Labute approximate surface area is 82.2 Å². The topological polar surface area (TPSA) is 20.2 Å². The van der Waals surface area contributed by atoms with Gasteiger partial charge in [0, 0.05) is 6.10 Å². The molecule has 0 spiro atoms. The Bertz CT molecular complexity index is 17.3. The van der Waals surface area contributed by atoms with E-state index >= 15 is 0 Å². The van der Waals surface area contributed by atoms with Crippen molar-refractivity contribution < 1.29 is 54.7 Å². The van der Waals surface area contributed by atoms with Gasteiger partial charge in [0.1, 0.15) is 0 Å². The summed E-state index contributed by atoms with van der Waals surface area (Å²) >= 11 is 0. The van der Waals surface area contributed by atoms with Crippen LogP contribution >= 0.6 is 0 Å². The number of rotatable bonds is 0. The van der Waals surface area contributed by atoms with Crippen molar-refractivity contribution in [1.29, 1.82) is 0 Å². The van der Waals surface area contributed by atoms with Gasteiger partial charge in [0.05, 0.1) is 0 Å². The molecule has 1 nitrogen and oxygen atoms in total. The average molecular weight is 214 g/mol. The second kappa shape index (κ2) is 35.4. The van der Waals surface area contributed by atoms with Gasteiger partial charge >= 0.3 is 7.43 Å². The molecule has 0 aliphatic rings. The fourth-order valence-corrected chi connectivity index (χ4v) is 0. The van der Waals surface area contributed by atoms with Crippen LogP contribution in [0.3, 0.4) is 0 Å². The third-order valence-corrected chi connectivity index (χ3v) is 0. The Morgan fingerprint density at radius 2 is 0.889 bits per heavy atom. The van der Waals surface area contributed by atoms with Gasteiger partial charge in [-0.15, -0.1) is 0 Å². The molecule has 0 aliphatic carbocycles. The summed E-state index contributed by atoms with van der Waals surface area (Å²) in [6.07, 6.45) is -0.167. The van der Waals surface area contributed by atoms with Crippen molar-refractivity contribution in [2.75, 3.05) is 0 Å². The summed E-state index contributed by atoms with van der Waals surface area (Å²) in [5, 5.41) is 8.06. The number of aliphatic hydroxyl groups is 1. The second-order valence-corrected chi connectivity index (χ2v) is 1.09. The van der Waals surface area contributed by atoms with E-state index in [0.29, 0.717) is 0 Å². The fourth-order valence-electron chi connectivity index (χ4n) is 0. The number of hydrogen-bond donors (Lipinski definition) is 1. The van der Waals surface area contributed by atoms with E-state index in [4.69, 9.17) is 5.11 Å². The molecule has 0 unspecified atom stereocenters. The first kappa shape index (κ1) is 49.6. The maximum Gasteiger partial charge on any atom is 4.00 e. The Kier molecular flexibility index (Phi) is 195. The minimum Gasteiger partial charge on any atom is -1.00 e. The monoisotopic (exact) mass is 212 g/mol.